The van der Waals surface area contributed by atoms with Crippen LogP contribution in [0.5, 0.6) is 0 Å². The van der Waals surface area contributed by atoms with Crippen LogP contribution in [-0.4, -0.2) is 18.0 Å². The molecule has 0 aliphatic rings. The first-order chi connectivity index (χ1) is 13.5. The minimum atomic E-state index is -0.368. The fourth-order valence-corrected chi connectivity index (χ4v) is 3.11. The number of hydrogen-bond acceptors (Lipinski definition) is 5. The van der Waals surface area contributed by atoms with Crippen LogP contribution >= 0.6 is 23.4 Å². The molecule has 0 aliphatic heterocycles. The second-order valence-electron chi connectivity index (χ2n) is 5.67. The van der Waals surface area contributed by atoms with Gasteiger partial charge in [-0.25, -0.2) is 5.43 Å². The van der Waals surface area contributed by atoms with E-state index in [2.05, 4.69) is 15.8 Å². The van der Waals surface area contributed by atoms with Gasteiger partial charge in [0.2, 0.25) is 5.91 Å². The Bertz CT molecular complexity index is 998. The van der Waals surface area contributed by atoms with Gasteiger partial charge in [0.25, 0.3) is 5.91 Å². The highest BCUT2D eigenvalue weighted by Gasteiger charge is 2.06. The number of halogens is 1. The monoisotopic (exact) mass is 413 g/mol. The Morgan fingerprint density at radius 1 is 1.04 bits per heavy atom. The Hall–Kier alpha value is -3.03. The van der Waals surface area contributed by atoms with Gasteiger partial charge in [-0.2, -0.15) is 5.10 Å². The third-order valence-corrected chi connectivity index (χ3v) is 4.64. The van der Waals surface area contributed by atoms with Crippen molar-refractivity contribution in [3.63, 3.8) is 0 Å². The van der Waals surface area contributed by atoms with Gasteiger partial charge >= 0.3 is 0 Å². The van der Waals surface area contributed by atoms with Gasteiger partial charge in [0.05, 0.1) is 6.21 Å². The fourth-order valence-electron chi connectivity index (χ4n) is 2.20. The van der Waals surface area contributed by atoms with Crippen molar-refractivity contribution in [1.82, 2.24) is 5.43 Å². The summed E-state index contributed by atoms with van der Waals surface area (Å²) in [4.78, 5) is 24.1. The average molecular weight is 414 g/mol. The van der Waals surface area contributed by atoms with Crippen molar-refractivity contribution < 1.29 is 14.0 Å². The predicted molar refractivity (Wildman–Crippen MR) is 110 cm³/mol. The molecule has 142 valence electrons. The van der Waals surface area contributed by atoms with Crippen LogP contribution in [0, 0.1) is 0 Å². The van der Waals surface area contributed by atoms with E-state index in [1.54, 1.807) is 30.3 Å². The Kier molecular flexibility index (Phi) is 6.52. The van der Waals surface area contributed by atoms with E-state index in [4.69, 9.17) is 16.0 Å². The highest BCUT2D eigenvalue weighted by Crippen LogP contribution is 2.29. The molecule has 0 bridgehead atoms. The van der Waals surface area contributed by atoms with Crippen LogP contribution in [0.15, 0.2) is 80.2 Å². The van der Waals surface area contributed by atoms with E-state index < -0.39 is 0 Å². The maximum atomic E-state index is 12.1. The number of nitrogens with one attached hydrogen (secondary N) is 2. The third kappa shape index (κ3) is 5.73. The molecule has 0 saturated carbocycles. The molecule has 3 aromatic rings. The molecule has 8 heteroatoms. The van der Waals surface area contributed by atoms with Crippen molar-refractivity contribution >= 4 is 47.1 Å². The molecular formula is C20H16ClN3O3S. The summed E-state index contributed by atoms with van der Waals surface area (Å²) in [7, 11) is 0. The minimum absolute atomic E-state index is 0.172. The van der Waals surface area contributed by atoms with E-state index in [0.717, 1.165) is 4.90 Å². The normalized spacial score (nSPS) is 10.8. The van der Waals surface area contributed by atoms with E-state index in [1.165, 1.54) is 24.9 Å². The van der Waals surface area contributed by atoms with Gasteiger partial charge < -0.3 is 9.73 Å². The summed E-state index contributed by atoms with van der Waals surface area (Å²) < 4.78 is 5.65. The summed E-state index contributed by atoms with van der Waals surface area (Å²) in [5.41, 5.74) is 3.47. The number of furan rings is 1. The first-order valence-corrected chi connectivity index (χ1v) is 9.43. The summed E-state index contributed by atoms with van der Waals surface area (Å²) in [6.45, 7) is 1.42. The molecule has 2 aromatic carbocycles. The number of amides is 2. The van der Waals surface area contributed by atoms with Gasteiger partial charge in [-0.1, -0.05) is 23.4 Å². The maximum Gasteiger partial charge on any atom is 0.271 e. The number of carbonyl (C=O) groups is 2. The number of benzene rings is 2. The van der Waals surface area contributed by atoms with Gasteiger partial charge in [0.15, 0.2) is 5.09 Å². The summed E-state index contributed by atoms with van der Waals surface area (Å²) in [6.07, 6.45) is 1.43. The van der Waals surface area contributed by atoms with E-state index in [-0.39, 0.29) is 11.8 Å². The molecule has 1 aromatic heterocycles. The van der Waals surface area contributed by atoms with Crippen LogP contribution in [0.1, 0.15) is 23.0 Å². The molecule has 0 fully saturated rings. The molecule has 2 N–H and O–H groups in total. The molecule has 0 atom stereocenters. The molecular weight excluding hydrogens is 398 g/mol. The molecule has 28 heavy (non-hydrogen) atoms. The van der Waals surface area contributed by atoms with Gasteiger partial charge in [0.1, 0.15) is 5.76 Å². The Morgan fingerprint density at radius 2 is 1.75 bits per heavy atom. The number of rotatable bonds is 6. The minimum Gasteiger partial charge on any atom is -0.448 e. The highest BCUT2D eigenvalue weighted by atomic mass is 35.5. The SMILES string of the molecule is CC(=O)Nc1ccc(C(=O)N/N=C\c2ccc(Sc3ccc(Cl)cc3)o2)cc1. The van der Waals surface area contributed by atoms with Crippen molar-refractivity contribution in [1.29, 1.82) is 0 Å². The topological polar surface area (TPSA) is 83.7 Å². The molecule has 0 spiro atoms. The molecule has 0 aliphatic carbocycles. The summed E-state index contributed by atoms with van der Waals surface area (Å²) in [5, 5.41) is 7.92. The van der Waals surface area contributed by atoms with E-state index in [1.807, 2.05) is 30.3 Å². The van der Waals surface area contributed by atoms with E-state index in [0.29, 0.717) is 27.1 Å². The average Bonchev–Trinajstić information content (AvgIpc) is 3.11. The lowest BCUT2D eigenvalue weighted by Crippen LogP contribution is -2.17. The van der Waals surface area contributed by atoms with Crippen molar-refractivity contribution in [3.05, 3.63) is 77.0 Å². The quantitative estimate of drug-likeness (QED) is 0.448. The van der Waals surface area contributed by atoms with Crippen LogP contribution in [0.4, 0.5) is 5.69 Å². The molecule has 3 rings (SSSR count). The zero-order valence-corrected chi connectivity index (χ0v) is 16.4. The van der Waals surface area contributed by atoms with Crippen molar-refractivity contribution in [3.8, 4) is 0 Å². The molecule has 6 nitrogen and oxygen atoms in total. The van der Waals surface area contributed by atoms with Crippen LogP contribution in [-0.2, 0) is 4.79 Å². The van der Waals surface area contributed by atoms with Crippen LogP contribution in [0.2, 0.25) is 5.02 Å². The summed E-state index contributed by atoms with van der Waals surface area (Å²) in [6, 6.07) is 17.5. The molecule has 0 unspecified atom stereocenters. The zero-order valence-electron chi connectivity index (χ0n) is 14.8. The largest absolute Gasteiger partial charge is 0.448 e. The van der Waals surface area contributed by atoms with E-state index in [9.17, 15) is 9.59 Å². The number of anilines is 1. The van der Waals surface area contributed by atoms with Crippen LogP contribution < -0.4 is 10.7 Å². The maximum absolute atomic E-state index is 12.1. The second kappa shape index (κ2) is 9.25. The van der Waals surface area contributed by atoms with Crippen molar-refractivity contribution in [2.45, 2.75) is 16.9 Å². The molecule has 0 saturated heterocycles. The standard InChI is InChI=1S/C20H16ClN3O3S/c1-13(25)23-16-6-2-14(3-7-16)20(26)24-22-12-17-8-11-19(27-17)28-18-9-4-15(21)5-10-18/h2-12H,1H3,(H,23,25)(H,24,26)/b22-12-. The number of hydrazone groups is 1. The van der Waals surface area contributed by atoms with Crippen LogP contribution in [0.3, 0.4) is 0 Å². The smallest absolute Gasteiger partial charge is 0.271 e. The lowest BCUT2D eigenvalue weighted by molar-refractivity contribution is -0.114. The van der Waals surface area contributed by atoms with Gasteiger partial charge in [0, 0.05) is 28.1 Å². The Morgan fingerprint density at radius 3 is 2.43 bits per heavy atom. The van der Waals surface area contributed by atoms with E-state index >= 15 is 0 Å². The van der Waals surface area contributed by atoms with Crippen molar-refractivity contribution in [2.75, 3.05) is 5.32 Å². The lowest BCUT2D eigenvalue weighted by atomic mass is 10.2. The zero-order chi connectivity index (χ0) is 19.9. The van der Waals surface area contributed by atoms with Crippen LogP contribution in [0.25, 0.3) is 0 Å². The summed E-state index contributed by atoms with van der Waals surface area (Å²) >= 11 is 7.33. The number of hydrogen-bond donors (Lipinski definition) is 2. The number of carbonyl (C=O) groups excluding carboxylic acids is 2. The number of nitrogens with zero attached hydrogens (tertiary/aromatic N) is 1. The first-order valence-electron chi connectivity index (χ1n) is 8.24. The third-order valence-electron chi connectivity index (χ3n) is 3.46. The fraction of sp³-hybridized carbons (Fsp3) is 0.0500. The van der Waals surface area contributed by atoms with Gasteiger partial charge in [-0.05, 0) is 60.7 Å². The van der Waals surface area contributed by atoms with Gasteiger partial charge in [-0.3, -0.25) is 9.59 Å². The predicted octanol–water partition coefficient (Wildman–Crippen LogP) is 4.81. The lowest BCUT2D eigenvalue weighted by Gasteiger charge is -2.03. The molecule has 1 heterocycles. The van der Waals surface area contributed by atoms with Crippen molar-refractivity contribution in [2.24, 2.45) is 5.10 Å². The molecule has 2 amide bonds. The van der Waals surface area contributed by atoms with Gasteiger partial charge in [-0.15, -0.1) is 0 Å². The second-order valence-corrected chi connectivity index (χ2v) is 7.18. The Balaban J connectivity index is 1.54. The Labute approximate surface area is 171 Å². The molecule has 0 radical (unpaired) electrons. The highest BCUT2D eigenvalue weighted by molar-refractivity contribution is 7.99. The summed E-state index contributed by atoms with van der Waals surface area (Å²) in [5.74, 6) is -0.0282. The first kappa shape index (κ1) is 19.7.